The van der Waals surface area contributed by atoms with Crippen LogP contribution in [0.25, 0.3) is 17.0 Å². The first-order chi connectivity index (χ1) is 15.2. The maximum absolute atomic E-state index is 6.10. The van der Waals surface area contributed by atoms with Gasteiger partial charge in [0.1, 0.15) is 12.9 Å². The molecule has 0 saturated heterocycles. The van der Waals surface area contributed by atoms with Gasteiger partial charge >= 0.3 is 0 Å². The molecule has 10 nitrogen and oxygen atoms in total. The van der Waals surface area contributed by atoms with Gasteiger partial charge in [0.2, 0.25) is 17.8 Å². The van der Waals surface area contributed by atoms with E-state index in [-0.39, 0.29) is 0 Å². The lowest BCUT2D eigenvalue weighted by molar-refractivity contribution is 0.293. The van der Waals surface area contributed by atoms with Crippen LogP contribution in [0.3, 0.4) is 0 Å². The van der Waals surface area contributed by atoms with E-state index in [1.807, 2.05) is 42.5 Å². The Kier molecular flexibility index (Phi) is 6.08. The van der Waals surface area contributed by atoms with E-state index in [1.165, 1.54) is 6.33 Å². The maximum atomic E-state index is 6.10. The third kappa shape index (κ3) is 4.48. The molecule has 0 aliphatic carbocycles. The van der Waals surface area contributed by atoms with Gasteiger partial charge in [-0.1, -0.05) is 19.1 Å². The minimum Gasteiger partial charge on any atom is -0.493 e. The van der Waals surface area contributed by atoms with Crippen LogP contribution in [0.2, 0.25) is 0 Å². The Morgan fingerprint density at radius 3 is 2.77 bits per heavy atom. The second-order valence-electron chi connectivity index (χ2n) is 6.60. The molecule has 2 aromatic carbocycles. The largest absolute Gasteiger partial charge is 0.493 e. The van der Waals surface area contributed by atoms with Gasteiger partial charge in [-0.15, -0.1) is 0 Å². The summed E-state index contributed by atoms with van der Waals surface area (Å²) in [5, 5.41) is 6.38. The highest BCUT2D eigenvalue weighted by atomic mass is 16.5. The van der Waals surface area contributed by atoms with E-state index in [0.717, 1.165) is 29.8 Å². The summed E-state index contributed by atoms with van der Waals surface area (Å²) in [7, 11) is 1.60. The number of nitrogens with zero attached hydrogens (tertiary/aromatic N) is 5. The number of hydrogen-bond acceptors (Lipinski definition) is 9. The zero-order chi connectivity index (χ0) is 21.6. The number of para-hydroxylation sites is 2. The first-order valence-corrected chi connectivity index (χ1v) is 9.90. The van der Waals surface area contributed by atoms with E-state index in [0.29, 0.717) is 36.0 Å². The first kappa shape index (κ1) is 20.4. The molecule has 0 spiro atoms. The van der Waals surface area contributed by atoms with Crippen LogP contribution >= 0.6 is 0 Å². The lowest BCUT2D eigenvalue weighted by atomic mass is 10.2. The molecule has 0 fully saturated rings. The highest BCUT2D eigenvalue weighted by Gasteiger charge is 2.13. The van der Waals surface area contributed by atoms with Gasteiger partial charge in [-0.3, -0.25) is 0 Å². The number of fused-ring (bicyclic) bond motifs is 1. The zero-order valence-electron chi connectivity index (χ0n) is 17.4. The predicted octanol–water partition coefficient (Wildman–Crippen LogP) is 2.53. The Hall–Kier alpha value is -3.92. The number of aromatic nitrogens is 5. The van der Waals surface area contributed by atoms with Crippen LogP contribution in [-0.4, -0.2) is 51.3 Å². The monoisotopic (exact) mass is 420 g/mol. The molecule has 4 aromatic rings. The van der Waals surface area contributed by atoms with Gasteiger partial charge in [-0.2, -0.15) is 4.98 Å². The second kappa shape index (κ2) is 9.26. The Morgan fingerprint density at radius 2 is 1.94 bits per heavy atom. The number of nitrogen functional groups attached to an aromatic ring is 1. The van der Waals surface area contributed by atoms with Crippen molar-refractivity contribution >= 4 is 28.6 Å². The van der Waals surface area contributed by atoms with Crippen molar-refractivity contribution in [2.75, 3.05) is 37.9 Å². The molecule has 0 unspecified atom stereocenters. The van der Waals surface area contributed by atoms with E-state index in [1.54, 1.807) is 11.7 Å². The molecule has 2 heterocycles. The van der Waals surface area contributed by atoms with Crippen molar-refractivity contribution in [1.82, 2.24) is 29.8 Å². The molecule has 0 aliphatic rings. The summed E-state index contributed by atoms with van der Waals surface area (Å²) in [5.74, 6) is 2.32. The van der Waals surface area contributed by atoms with E-state index in [9.17, 15) is 0 Å². The number of ether oxygens (including phenoxy) is 2. The normalized spacial score (nSPS) is 10.9. The van der Waals surface area contributed by atoms with Crippen molar-refractivity contribution in [3.8, 4) is 17.4 Å². The summed E-state index contributed by atoms with van der Waals surface area (Å²) in [4.78, 5) is 17.3. The zero-order valence-corrected chi connectivity index (χ0v) is 17.4. The summed E-state index contributed by atoms with van der Waals surface area (Å²) in [5.41, 5.74) is 8.43. The van der Waals surface area contributed by atoms with Gasteiger partial charge < -0.3 is 25.8 Å². The molecule has 0 amide bonds. The lowest BCUT2D eigenvalue weighted by Crippen LogP contribution is -2.20. The summed E-state index contributed by atoms with van der Waals surface area (Å²) >= 11 is 0. The van der Waals surface area contributed by atoms with Crippen LogP contribution < -0.4 is 25.8 Å². The highest BCUT2D eigenvalue weighted by molar-refractivity contribution is 5.80. The van der Waals surface area contributed by atoms with Crippen molar-refractivity contribution < 1.29 is 9.47 Å². The van der Waals surface area contributed by atoms with E-state index >= 15 is 0 Å². The number of nitrogens with one attached hydrogen (secondary N) is 2. The Balaban J connectivity index is 1.56. The summed E-state index contributed by atoms with van der Waals surface area (Å²) in [6.07, 6.45) is 1.42. The highest BCUT2D eigenvalue weighted by Crippen LogP contribution is 2.31. The molecule has 0 bridgehead atoms. The molecular formula is C21H24N8O2. The lowest BCUT2D eigenvalue weighted by Gasteiger charge is -2.13. The van der Waals surface area contributed by atoms with Crippen molar-refractivity contribution in [3.63, 3.8) is 0 Å². The van der Waals surface area contributed by atoms with Crippen LogP contribution in [0, 0.1) is 0 Å². The van der Waals surface area contributed by atoms with Crippen LogP contribution in [0.15, 0.2) is 48.8 Å². The van der Waals surface area contributed by atoms with Crippen LogP contribution in [0.1, 0.15) is 6.92 Å². The molecule has 160 valence electrons. The van der Waals surface area contributed by atoms with Crippen LogP contribution in [0.4, 0.5) is 17.6 Å². The van der Waals surface area contributed by atoms with E-state index in [4.69, 9.17) is 15.2 Å². The second-order valence-corrected chi connectivity index (χ2v) is 6.60. The van der Waals surface area contributed by atoms with Crippen molar-refractivity contribution in [1.29, 1.82) is 0 Å². The number of rotatable bonds is 9. The molecule has 4 rings (SSSR count). The quantitative estimate of drug-likeness (QED) is 0.350. The molecule has 4 N–H and O–H groups in total. The Labute approximate surface area is 179 Å². The first-order valence-electron chi connectivity index (χ1n) is 9.90. The van der Waals surface area contributed by atoms with Gasteiger partial charge in [0.05, 0.1) is 18.1 Å². The van der Waals surface area contributed by atoms with E-state index < -0.39 is 0 Å². The van der Waals surface area contributed by atoms with Crippen LogP contribution in [-0.2, 0) is 0 Å². The number of imidazole rings is 1. The molecule has 10 heteroatoms. The smallest absolute Gasteiger partial charge is 0.241 e. The molecule has 31 heavy (non-hydrogen) atoms. The molecule has 0 radical (unpaired) electrons. The minimum absolute atomic E-state index is 0.305. The van der Waals surface area contributed by atoms with Crippen molar-refractivity contribution in [3.05, 3.63) is 48.8 Å². The van der Waals surface area contributed by atoms with Gasteiger partial charge in [-0.05, 0) is 30.8 Å². The summed E-state index contributed by atoms with van der Waals surface area (Å²) < 4.78 is 12.9. The number of methoxy groups -OCH3 is 1. The number of nitrogens with two attached hydrogens (primary N) is 1. The standard InChI is InChI=1S/C21H24N8O2/c1-3-23-10-11-31-17-9-8-14(12-18(17)30-2)26-20-24-13-25-21(28-20)29-16-7-5-4-6-15(16)27-19(29)22/h4-9,12-13,23H,3,10-11H2,1-2H3,(H2,22,27)(H,24,25,26,28). The fraction of sp³-hybridized carbons (Fsp3) is 0.238. The number of hydrogen-bond donors (Lipinski definition) is 3. The average Bonchev–Trinajstić information content (AvgIpc) is 3.13. The summed E-state index contributed by atoms with van der Waals surface area (Å²) in [6, 6.07) is 13.2. The number of likely N-dealkylation sites (N-methyl/N-ethyl adjacent to an activating group) is 1. The van der Waals surface area contributed by atoms with Gasteiger partial charge in [0, 0.05) is 18.3 Å². The third-order valence-corrected chi connectivity index (χ3v) is 4.55. The fourth-order valence-electron chi connectivity index (χ4n) is 3.11. The van der Waals surface area contributed by atoms with Crippen LogP contribution in [0.5, 0.6) is 11.5 Å². The minimum atomic E-state index is 0.305. The third-order valence-electron chi connectivity index (χ3n) is 4.55. The maximum Gasteiger partial charge on any atom is 0.241 e. The van der Waals surface area contributed by atoms with Gasteiger partial charge in [0.15, 0.2) is 11.5 Å². The number of benzene rings is 2. The van der Waals surface area contributed by atoms with Gasteiger partial charge in [-0.25, -0.2) is 19.5 Å². The predicted molar refractivity (Wildman–Crippen MR) is 119 cm³/mol. The summed E-state index contributed by atoms with van der Waals surface area (Å²) in [6.45, 7) is 4.27. The molecule has 0 saturated carbocycles. The van der Waals surface area contributed by atoms with Crippen molar-refractivity contribution in [2.24, 2.45) is 0 Å². The number of anilines is 3. The average molecular weight is 420 g/mol. The van der Waals surface area contributed by atoms with E-state index in [2.05, 4.69) is 37.5 Å². The topological polar surface area (TPSA) is 125 Å². The SMILES string of the molecule is CCNCCOc1ccc(Nc2ncnc(-n3c(N)nc4ccccc43)n2)cc1OC. The molecule has 2 aromatic heterocycles. The molecular weight excluding hydrogens is 396 g/mol. The van der Waals surface area contributed by atoms with Crippen molar-refractivity contribution in [2.45, 2.75) is 6.92 Å². The van der Waals surface area contributed by atoms with Gasteiger partial charge in [0.25, 0.3) is 0 Å². The molecule has 0 atom stereocenters. The molecule has 0 aliphatic heterocycles. The fourth-order valence-corrected chi connectivity index (χ4v) is 3.11. The Bertz CT molecular complexity index is 1180. The Morgan fingerprint density at radius 1 is 1.06 bits per heavy atom.